The molecule has 0 saturated heterocycles. The highest BCUT2D eigenvalue weighted by molar-refractivity contribution is 9.10. The summed E-state index contributed by atoms with van der Waals surface area (Å²) in [4.78, 5) is 33.0. The van der Waals surface area contributed by atoms with Gasteiger partial charge in [0, 0.05) is 9.37 Å². The first kappa shape index (κ1) is 23.7. The number of thioether (sulfide) groups is 1. The fraction of sp³-hybridized carbons (Fsp3) is 0.240. The zero-order chi connectivity index (χ0) is 23.7. The number of ether oxygens (including phenoxy) is 1. The van der Waals surface area contributed by atoms with Gasteiger partial charge in [-0.1, -0.05) is 51.5 Å². The zero-order valence-electron chi connectivity index (χ0n) is 18.7. The molecule has 2 heterocycles. The smallest absolute Gasteiger partial charge is 0.338 e. The Morgan fingerprint density at radius 2 is 1.85 bits per heavy atom. The summed E-state index contributed by atoms with van der Waals surface area (Å²) in [5.41, 5.74) is 2.54. The van der Waals surface area contributed by atoms with Crippen LogP contribution in [0.2, 0.25) is 0 Å². The van der Waals surface area contributed by atoms with Crippen LogP contribution in [0.15, 0.2) is 79.0 Å². The van der Waals surface area contributed by atoms with Crippen LogP contribution >= 0.6 is 39.0 Å². The summed E-state index contributed by atoms with van der Waals surface area (Å²) in [7, 11) is 0. The molecule has 0 aliphatic carbocycles. The molecule has 1 atom stereocenters. The van der Waals surface area contributed by atoms with E-state index in [1.165, 1.54) is 11.3 Å². The Balaban J connectivity index is 1.92. The van der Waals surface area contributed by atoms with Crippen molar-refractivity contribution in [3.05, 3.63) is 95.1 Å². The van der Waals surface area contributed by atoms with Gasteiger partial charge in [0.05, 0.1) is 27.9 Å². The van der Waals surface area contributed by atoms with Crippen LogP contribution in [0.3, 0.4) is 0 Å². The van der Waals surface area contributed by atoms with Crippen molar-refractivity contribution in [3.63, 3.8) is 0 Å². The molecule has 1 aliphatic heterocycles. The highest BCUT2D eigenvalue weighted by Crippen LogP contribution is 2.32. The Hall–Kier alpha value is -2.42. The molecule has 0 amide bonds. The van der Waals surface area contributed by atoms with E-state index in [2.05, 4.69) is 20.9 Å². The highest BCUT2D eigenvalue weighted by Gasteiger charge is 2.33. The predicted molar refractivity (Wildman–Crippen MR) is 137 cm³/mol. The van der Waals surface area contributed by atoms with Gasteiger partial charge in [0.1, 0.15) is 0 Å². The number of hydrogen-bond donors (Lipinski definition) is 0. The Labute approximate surface area is 208 Å². The van der Waals surface area contributed by atoms with E-state index in [1.807, 2.05) is 74.7 Å². The summed E-state index contributed by atoms with van der Waals surface area (Å²) in [5, 5.41) is 0. The molecule has 0 fully saturated rings. The second-order valence-electron chi connectivity index (χ2n) is 7.86. The molecule has 0 spiro atoms. The molecular formula is C25H23BrN2O3S2. The van der Waals surface area contributed by atoms with Crippen molar-refractivity contribution >= 4 is 51.1 Å². The summed E-state index contributed by atoms with van der Waals surface area (Å²) in [5.74, 6) is -0.451. The third kappa shape index (κ3) is 4.93. The van der Waals surface area contributed by atoms with E-state index in [4.69, 9.17) is 4.74 Å². The molecule has 0 unspecified atom stereocenters. The highest BCUT2D eigenvalue weighted by atomic mass is 79.9. The van der Waals surface area contributed by atoms with E-state index >= 15 is 0 Å². The van der Waals surface area contributed by atoms with Gasteiger partial charge in [-0.2, -0.15) is 0 Å². The number of benzene rings is 2. The Bertz CT molecular complexity index is 1400. The minimum Gasteiger partial charge on any atom is -0.459 e. The average molecular weight is 544 g/mol. The minimum atomic E-state index is -0.601. The van der Waals surface area contributed by atoms with E-state index in [-0.39, 0.29) is 11.7 Å². The number of rotatable bonds is 5. The maximum atomic E-state index is 13.6. The lowest BCUT2D eigenvalue weighted by Crippen LogP contribution is -2.40. The van der Waals surface area contributed by atoms with E-state index in [0.29, 0.717) is 20.6 Å². The second-order valence-corrected chi connectivity index (χ2v) is 10.7. The molecule has 2 aromatic carbocycles. The first-order valence-corrected chi connectivity index (χ1v) is 13.2. The van der Waals surface area contributed by atoms with Gasteiger partial charge in [0.15, 0.2) is 4.80 Å². The first-order valence-electron chi connectivity index (χ1n) is 10.4. The standard InChI is InChI=1S/C25H23BrN2O3S2/c1-14(2)31-24(30)21-15(3)27-25-28(22(21)17-7-11-19(32-4)12-8-17)23(29)20(33-25)13-16-5-9-18(26)10-6-16/h5-14,22H,1-4H3/b20-13-/t22-/m0/s1. The van der Waals surface area contributed by atoms with Crippen LogP contribution in [0.25, 0.3) is 6.08 Å². The molecule has 0 radical (unpaired) electrons. The molecule has 4 rings (SSSR count). The van der Waals surface area contributed by atoms with E-state index in [9.17, 15) is 9.59 Å². The van der Waals surface area contributed by atoms with E-state index < -0.39 is 12.0 Å². The molecule has 33 heavy (non-hydrogen) atoms. The van der Waals surface area contributed by atoms with Gasteiger partial charge in [-0.15, -0.1) is 11.8 Å². The van der Waals surface area contributed by atoms with Crippen molar-refractivity contribution in [1.29, 1.82) is 0 Å². The van der Waals surface area contributed by atoms with Crippen LogP contribution < -0.4 is 14.9 Å². The molecule has 0 bridgehead atoms. The Kier molecular flexibility index (Phi) is 7.07. The second kappa shape index (κ2) is 9.83. The molecule has 170 valence electrons. The van der Waals surface area contributed by atoms with Gasteiger partial charge >= 0.3 is 5.97 Å². The normalized spacial score (nSPS) is 16.1. The van der Waals surface area contributed by atoms with Crippen LogP contribution in [0.5, 0.6) is 0 Å². The van der Waals surface area contributed by atoms with E-state index in [1.54, 1.807) is 23.3 Å². The van der Waals surface area contributed by atoms with Crippen LogP contribution in [-0.4, -0.2) is 22.9 Å². The molecule has 1 aromatic heterocycles. The van der Waals surface area contributed by atoms with Crippen molar-refractivity contribution in [2.75, 3.05) is 6.26 Å². The average Bonchev–Trinajstić information content (AvgIpc) is 3.08. The fourth-order valence-electron chi connectivity index (χ4n) is 3.67. The van der Waals surface area contributed by atoms with Gasteiger partial charge in [0.2, 0.25) is 0 Å². The quantitative estimate of drug-likeness (QED) is 0.347. The van der Waals surface area contributed by atoms with Crippen molar-refractivity contribution in [3.8, 4) is 0 Å². The lowest BCUT2D eigenvalue weighted by atomic mass is 9.96. The van der Waals surface area contributed by atoms with E-state index in [0.717, 1.165) is 20.5 Å². The van der Waals surface area contributed by atoms with Gasteiger partial charge in [-0.25, -0.2) is 9.79 Å². The maximum Gasteiger partial charge on any atom is 0.338 e. The van der Waals surface area contributed by atoms with Crippen LogP contribution in [-0.2, 0) is 9.53 Å². The summed E-state index contributed by atoms with van der Waals surface area (Å²) in [6, 6.07) is 15.1. The van der Waals surface area contributed by atoms with Crippen molar-refractivity contribution < 1.29 is 9.53 Å². The number of nitrogens with zero attached hydrogens (tertiary/aromatic N) is 2. The van der Waals surface area contributed by atoms with Crippen molar-refractivity contribution in [2.45, 2.75) is 37.8 Å². The summed E-state index contributed by atoms with van der Waals surface area (Å²) in [6.45, 7) is 5.42. The third-order valence-corrected chi connectivity index (χ3v) is 7.44. The maximum absolute atomic E-state index is 13.6. The fourth-order valence-corrected chi connectivity index (χ4v) is 5.39. The molecule has 0 N–H and O–H groups in total. The number of allylic oxidation sites excluding steroid dienone is 1. The number of halogens is 1. The number of carbonyl (C=O) groups excluding carboxylic acids is 1. The van der Waals surface area contributed by atoms with Crippen LogP contribution in [0.1, 0.15) is 37.9 Å². The van der Waals surface area contributed by atoms with Gasteiger partial charge in [0.25, 0.3) is 5.56 Å². The lowest BCUT2D eigenvalue weighted by Gasteiger charge is -2.25. The number of aromatic nitrogens is 1. The van der Waals surface area contributed by atoms with Crippen molar-refractivity contribution in [2.24, 2.45) is 4.99 Å². The summed E-state index contributed by atoms with van der Waals surface area (Å²) in [6.07, 6.45) is 3.59. The molecule has 3 aromatic rings. The number of hydrogen-bond acceptors (Lipinski definition) is 6. The largest absolute Gasteiger partial charge is 0.459 e. The summed E-state index contributed by atoms with van der Waals surface area (Å²) >= 11 is 6.40. The lowest BCUT2D eigenvalue weighted by molar-refractivity contribution is -0.143. The summed E-state index contributed by atoms with van der Waals surface area (Å²) < 4.78 is 8.69. The SMILES string of the molecule is CSc1ccc([C@H]2C(C(=O)OC(C)C)=C(C)N=c3s/c(=C\c4ccc(Br)cc4)c(=O)n32)cc1. The molecule has 0 saturated carbocycles. The molecule has 5 nitrogen and oxygen atoms in total. The minimum absolute atomic E-state index is 0.178. The Morgan fingerprint density at radius 1 is 1.18 bits per heavy atom. The predicted octanol–water partition coefficient (Wildman–Crippen LogP) is 4.67. The number of esters is 1. The first-order chi connectivity index (χ1) is 15.8. The van der Waals surface area contributed by atoms with Gasteiger partial charge in [-0.3, -0.25) is 9.36 Å². The molecule has 8 heteroatoms. The number of carbonyl (C=O) groups is 1. The number of fused-ring (bicyclic) bond motifs is 1. The van der Waals surface area contributed by atoms with Crippen LogP contribution in [0, 0.1) is 0 Å². The zero-order valence-corrected chi connectivity index (χ0v) is 21.9. The monoisotopic (exact) mass is 542 g/mol. The molecule has 1 aliphatic rings. The third-order valence-electron chi connectivity index (χ3n) is 5.18. The van der Waals surface area contributed by atoms with Crippen LogP contribution in [0.4, 0.5) is 0 Å². The van der Waals surface area contributed by atoms with Crippen molar-refractivity contribution in [1.82, 2.24) is 4.57 Å². The van der Waals surface area contributed by atoms with Gasteiger partial charge < -0.3 is 4.74 Å². The topological polar surface area (TPSA) is 60.7 Å². The van der Waals surface area contributed by atoms with Gasteiger partial charge in [-0.05, 0) is 68.5 Å². The Morgan fingerprint density at radius 3 is 2.45 bits per heavy atom. The number of thiazole rings is 1. The molecular weight excluding hydrogens is 520 g/mol.